The Kier molecular flexibility index (Phi) is 4.32. The summed E-state index contributed by atoms with van der Waals surface area (Å²) in [5.41, 5.74) is 2.12. The van der Waals surface area contributed by atoms with Gasteiger partial charge >= 0.3 is 5.69 Å². The topological polar surface area (TPSA) is 60.1 Å². The lowest BCUT2D eigenvalue weighted by Gasteiger charge is -2.27. The second-order valence-electron chi connectivity index (χ2n) is 5.99. The predicted octanol–water partition coefficient (Wildman–Crippen LogP) is 1.35. The molecule has 1 aromatic heterocycles. The number of hydrogen-bond acceptors (Lipinski definition) is 3. The minimum Gasteiger partial charge on any atom is -0.333 e. The molecular formula is C17H22N4O2. The number of carbonyl (C=O) groups is 1. The fourth-order valence-corrected chi connectivity index (χ4v) is 2.95. The number of aryl methyl sites for hydroxylation is 2. The molecule has 0 aliphatic carbocycles. The molecule has 122 valence electrons. The van der Waals surface area contributed by atoms with Crippen LogP contribution in [-0.2, 0) is 30.8 Å². The van der Waals surface area contributed by atoms with Crippen LogP contribution in [0.3, 0.4) is 0 Å². The number of hydrogen-bond donors (Lipinski definition) is 0. The Labute approximate surface area is 135 Å². The molecule has 1 aliphatic heterocycles. The van der Waals surface area contributed by atoms with Crippen LogP contribution in [-0.4, -0.2) is 31.7 Å². The van der Waals surface area contributed by atoms with Crippen LogP contribution >= 0.6 is 0 Å². The molecule has 0 bridgehead atoms. The van der Waals surface area contributed by atoms with Gasteiger partial charge in [0.15, 0.2) is 5.82 Å². The van der Waals surface area contributed by atoms with E-state index in [0.29, 0.717) is 38.4 Å². The Morgan fingerprint density at radius 1 is 1.26 bits per heavy atom. The second-order valence-corrected chi connectivity index (χ2v) is 5.99. The van der Waals surface area contributed by atoms with Crippen molar-refractivity contribution in [3.63, 3.8) is 0 Å². The molecule has 1 aromatic carbocycles. The molecule has 2 heterocycles. The Hall–Kier alpha value is -2.37. The van der Waals surface area contributed by atoms with Gasteiger partial charge in [-0.1, -0.05) is 31.2 Å². The van der Waals surface area contributed by atoms with E-state index in [-0.39, 0.29) is 11.6 Å². The molecule has 0 saturated carbocycles. The zero-order valence-electron chi connectivity index (χ0n) is 13.7. The van der Waals surface area contributed by atoms with E-state index in [9.17, 15) is 9.59 Å². The Morgan fingerprint density at radius 3 is 2.78 bits per heavy atom. The third kappa shape index (κ3) is 3.06. The molecular weight excluding hydrogens is 292 g/mol. The van der Waals surface area contributed by atoms with Crippen molar-refractivity contribution in [3.05, 3.63) is 51.7 Å². The Bertz CT molecular complexity index is 775. The van der Waals surface area contributed by atoms with E-state index in [0.717, 1.165) is 17.5 Å². The van der Waals surface area contributed by atoms with E-state index < -0.39 is 0 Å². The first kappa shape index (κ1) is 15.5. The zero-order valence-corrected chi connectivity index (χ0v) is 13.7. The fourth-order valence-electron chi connectivity index (χ4n) is 2.95. The molecule has 1 aliphatic rings. The van der Waals surface area contributed by atoms with Gasteiger partial charge in [0, 0.05) is 19.6 Å². The smallest absolute Gasteiger partial charge is 0.333 e. The van der Waals surface area contributed by atoms with Gasteiger partial charge in [-0.2, -0.15) is 5.10 Å². The van der Waals surface area contributed by atoms with Crippen LogP contribution in [0.15, 0.2) is 29.1 Å². The van der Waals surface area contributed by atoms with Crippen LogP contribution in [0.1, 0.15) is 30.3 Å². The van der Waals surface area contributed by atoms with Gasteiger partial charge in [-0.05, 0) is 24.5 Å². The third-order valence-electron chi connectivity index (χ3n) is 4.32. The standard InChI is InChI=1S/C17H22N4O2/c1-3-8-21-17(23)20-10-9-19(12-15(20)18-21)16(22)11-14-7-5-4-6-13(14)2/h4-7H,3,8-12H2,1-2H3. The van der Waals surface area contributed by atoms with Gasteiger partial charge in [0.1, 0.15) is 0 Å². The Balaban J connectivity index is 1.74. The first-order valence-corrected chi connectivity index (χ1v) is 8.09. The van der Waals surface area contributed by atoms with E-state index >= 15 is 0 Å². The minimum atomic E-state index is -0.0622. The molecule has 0 unspecified atom stereocenters. The predicted molar refractivity (Wildman–Crippen MR) is 87.1 cm³/mol. The summed E-state index contributed by atoms with van der Waals surface area (Å²) in [5, 5.41) is 4.37. The number of amides is 1. The lowest BCUT2D eigenvalue weighted by atomic mass is 10.1. The summed E-state index contributed by atoms with van der Waals surface area (Å²) >= 11 is 0. The van der Waals surface area contributed by atoms with Crippen LogP contribution in [0.5, 0.6) is 0 Å². The number of carbonyl (C=O) groups excluding carboxylic acids is 1. The van der Waals surface area contributed by atoms with Crippen molar-refractivity contribution in [3.8, 4) is 0 Å². The molecule has 0 N–H and O–H groups in total. The van der Waals surface area contributed by atoms with E-state index in [4.69, 9.17) is 0 Å². The van der Waals surface area contributed by atoms with Gasteiger partial charge in [-0.15, -0.1) is 0 Å². The number of nitrogens with zero attached hydrogens (tertiary/aromatic N) is 4. The summed E-state index contributed by atoms with van der Waals surface area (Å²) in [6.45, 7) is 6.16. The monoisotopic (exact) mass is 314 g/mol. The number of fused-ring (bicyclic) bond motifs is 1. The molecule has 0 fully saturated rings. The SMILES string of the molecule is CCCn1nc2n(c1=O)CCN(C(=O)Cc1ccccc1C)C2. The van der Waals surface area contributed by atoms with Gasteiger partial charge < -0.3 is 4.90 Å². The summed E-state index contributed by atoms with van der Waals surface area (Å²) in [6, 6.07) is 7.94. The second kappa shape index (κ2) is 6.40. The summed E-state index contributed by atoms with van der Waals surface area (Å²) < 4.78 is 3.19. The van der Waals surface area contributed by atoms with Crippen molar-refractivity contribution in [2.24, 2.45) is 0 Å². The van der Waals surface area contributed by atoms with Crippen LogP contribution in [0, 0.1) is 6.92 Å². The molecule has 1 amide bonds. The van der Waals surface area contributed by atoms with E-state index in [2.05, 4.69) is 5.10 Å². The lowest BCUT2D eigenvalue weighted by molar-refractivity contribution is -0.132. The first-order valence-electron chi connectivity index (χ1n) is 8.09. The third-order valence-corrected chi connectivity index (χ3v) is 4.32. The van der Waals surface area contributed by atoms with Crippen LogP contribution in [0.2, 0.25) is 0 Å². The van der Waals surface area contributed by atoms with Crippen LogP contribution < -0.4 is 5.69 Å². The average Bonchev–Trinajstić information content (AvgIpc) is 2.86. The van der Waals surface area contributed by atoms with Crippen LogP contribution in [0.4, 0.5) is 0 Å². The summed E-state index contributed by atoms with van der Waals surface area (Å²) in [7, 11) is 0. The maximum atomic E-state index is 12.6. The zero-order chi connectivity index (χ0) is 16.4. The fraction of sp³-hybridized carbons (Fsp3) is 0.471. The van der Waals surface area contributed by atoms with Gasteiger partial charge in [-0.3, -0.25) is 9.36 Å². The normalized spacial score (nSPS) is 13.9. The van der Waals surface area contributed by atoms with E-state index in [1.165, 1.54) is 4.68 Å². The lowest BCUT2D eigenvalue weighted by Crippen LogP contribution is -2.41. The first-order chi connectivity index (χ1) is 11.1. The molecule has 2 aromatic rings. The molecule has 0 atom stereocenters. The molecule has 0 spiro atoms. The maximum absolute atomic E-state index is 12.6. The minimum absolute atomic E-state index is 0.0622. The van der Waals surface area contributed by atoms with Crippen molar-refractivity contribution in [1.29, 1.82) is 0 Å². The highest BCUT2D eigenvalue weighted by molar-refractivity contribution is 5.79. The highest BCUT2D eigenvalue weighted by atomic mass is 16.2. The highest BCUT2D eigenvalue weighted by Gasteiger charge is 2.25. The van der Waals surface area contributed by atoms with Gasteiger partial charge in [0.25, 0.3) is 0 Å². The molecule has 0 saturated heterocycles. The van der Waals surface area contributed by atoms with Gasteiger partial charge in [0.2, 0.25) is 5.91 Å². The van der Waals surface area contributed by atoms with Gasteiger partial charge in [0.05, 0.1) is 13.0 Å². The summed E-state index contributed by atoms with van der Waals surface area (Å²) in [4.78, 5) is 26.5. The number of aromatic nitrogens is 3. The Morgan fingerprint density at radius 2 is 2.04 bits per heavy atom. The van der Waals surface area contributed by atoms with Crippen molar-refractivity contribution in [1.82, 2.24) is 19.2 Å². The largest absolute Gasteiger partial charge is 0.346 e. The van der Waals surface area contributed by atoms with E-state index in [1.807, 2.05) is 38.1 Å². The molecule has 3 rings (SSSR count). The van der Waals surface area contributed by atoms with E-state index in [1.54, 1.807) is 9.47 Å². The average molecular weight is 314 g/mol. The molecule has 23 heavy (non-hydrogen) atoms. The quantitative estimate of drug-likeness (QED) is 0.856. The number of benzene rings is 1. The molecule has 6 nitrogen and oxygen atoms in total. The number of rotatable bonds is 4. The van der Waals surface area contributed by atoms with Crippen LogP contribution in [0.25, 0.3) is 0 Å². The van der Waals surface area contributed by atoms with Crippen molar-refractivity contribution < 1.29 is 4.79 Å². The van der Waals surface area contributed by atoms with Crippen molar-refractivity contribution in [2.45, 2.75) is 46.3 Å². The summed E-state index contributed by atoms with van der Waals surface area (Å²) in [6.07, 6.45) is 1.26. The molecule has 0 radical (unpaired) electrons. The summed E-state index contributed by atoms with van der Waals surface area (Å²) in [5.74, 6) is 0.774. The van der Waals surface area contributed by atoms with Crippen molar-refractivity contribution in [2.75, 3.05) is 6.54 Å². The van der Waals surface area contributed by atoms with Crippen molar-refractivity contribution >= 4 is 5.91 Å². The maximum Gasteiger partial charge on any atom is 0.346 e. The highest BCUT2D eigenvalue weighted by Crippen LogP contribution is 2.13. The molecule has 6 heteroatoms. The van der Waals surface area contributed by atoms with Gasteiger partial charge in [-0.25, -0.2) is 9.48 Å².